The molecule has 3 aromatic rings. The molecule has 0 saturated heterocycles. The van der Waals surface area contributed by atoms with Crippen molar-refractivity contribution in [2.24, 2.45) is 0 Å². The number of nitriles is 1. The van der Waals surface area contributed by atoms with Crippen molar-refractivity contribution >= 4 is 11.0 Å². The van der Waals surface area contributed by atoms with Crippen molar-refractivity contribution in [2.45, 2.75) is 0 Å². The van der Waals surface area contributed by atoms with Crippen LogP contribution in [0.4, 0.5) is 0 Å². The number of benzene rings is 1. The third-order valence-corrected chi connectivity index (χ3v) is 2.74. The number of nitrogens with one attached hydrogen (secondary N) is 1. The third kappa shape index (κ3) is 1.48. The molecule has 0 aliphatic heterocycles. The Labute approximate surface area is 102 Å². The van der Waals surface area contributed by atoms with Gasteiger partial charge in [-0.1, -0.05) is 0 Å². The molecule has 0 aliphatic rings. The number of H-pyrrole nitrogens is 1. The van der Waals surface area contributed by atoms with Crippen molar-refractivity contribution < 1.29 is 0 Å². The van der Waals surface area contributed by atoms with Crippen LogP contribution >= 0.6 is 0 Å². The minimum atomic E-state index is -0.220. The molecule has 0 amide bonds. The van der Waals surface area contributed by atoms with Gasteiger partial charge in [0.25, 0.3) is 0 Å². The van der Waals surface area contributed by atoms with Crippen molar-refractivity contribution in [3.05, 3.63) is 58.8 Å². The largest absolute Gasteiger partial charge is 0.331 e. The lowest BCUT2D eigenvalue weighted by Crippen LogP contribution is -2.14. The monoisotopic (exact) mass is 236 g/mol. The smallest absolute Gasteiger partial charge is 0.304 e. The summed E-state index contributed by atoms with van der Waals surface area (Å²) in [5, 5.41) is 8.75. The highest BCUT2D eigenvalue weighted by Crippen LogP contribution is 2.14. The molecule has 0 saturated carbocycles. The lowest BCUT2D eigenvalue weighted by molar-refractivity contribution is 1.02. The molecule has 1 N–H and O–H groups in total. The van der Waals surface area contributed by atoms with Gasteiger partial charge in [-0.2, -0.15) is 5.26 Å². The van der Waals surface area contributed by atoms with Gasteiger partial charge < -0.3 is 4.98 Å². The molecule has 0 unspecified atom stereocenters. The van der Waals surface area contributed by atoms with Gasteiger partial charge in [0.2, 0.25) is 0 Å². The predicted octanol–water partition coefficient (Wildman–Crippen LogP) is 1.59. The first-order valence-electron chi connectivity index (χ1n) is 5.35. The minimum absolute atomic E-state index is 0.220. The van der Waals surface area contributed by atoms with Crippen LogP contribution in [0.2, 0.25) is 0 Å². The lowest BCUT2D eigenvalue weighted by Gasteiger charge is -2.02. The van der Waals surface area contributed by atoms with E-state index in [1.807, 2.05) is 6.07 Å². The fourth-order valence-electron chi connectivity index (χ4n) is 1.90. The van der Waals surface area contributed by atoms with Crippen LogP contribution in [0, 0.1) is 11.3 Å². The zero-order valence-corrected chi connectivity index (χ0v) is 9.29. The summed E-state index contributed by atoms with van der Waals surface area (Å²) in [6.45, 7) is 0. The Hall–Kier alpha value is -2.87. The van der Waals surface area contributed by atoms with Crippen LogP contribution in [0.3, 0.4) is 0 Å². The Kier molecular flexibility index (Phi) is 2.21. The standard InChI is InChI=1S/C13H8N4O/c14-7-9-1-3-10(4-2-9)17-12-5-6-15-8-11(12)16-13(17)18/h1-6,8H,(H,16,18). The molecule has 5 heteroatoms. The quantitative estimate of drug-likeness (QED) is 0.697. The van der Waals surface area contributed by atoms with Crippen LogP contribution < -0.4 is 5.69 Å². The molecule has 0 aliphatic carbocycles. The molecular weight excluding hydrogens is 228 g/mol. The molecule has 1 aromatic carbocycles. The Balaban J connectivity index is 2.28. The van der Waals surface area contributed by atoms with E-state index in [0.29, 0.717) is 11.1 Å². The molecule has 0 spiro atoms. The lowest BCUT2D eigenvalue weighted by atomic mass is 10.2. The summed E-state index contributed by atoms with van der Waals surface area (Å²) in [4.78, 5) is 18.6. The second-order valence-electron chi connectivity index (χ2n) is 3.82. The Bertz CT molecular complexity index is 805. The molecule has 0 atom stereocenters. The number of pyridine rings is 1. The first-order valence-corrected chi connectivity index (χ1v) is 5.35. The molecule has 2 aromatic heterocycles. The zero-order valence-electron chi connectivity index (χ0n) is 9.29. The predicted molar refractivity (Wildman–Crippen MR) is 66.4 cm³/mol. The first-order chi connectivity index (χ1) is 8.79. The third-order valence-electron chi connectivity index (χ3n) is 2.74. The van der Waals surface area contributed by atoms with Gasteiger partial charge in [-0.25, -0.2) is 4.79 Å². The normalized spacial score (nSPS) is 10.4. The average Bonchev–Trinajstić information content (AvgIpc) is 2.75. The van der Waals surface area contributed by atoms with E-state index >= 15 is 0 Å². The van der Waals surface area contributed by atoms with Gasteiger partial charge in [0.1, 0.15) is 0 Å². The maximum Gasteiger partial charge on any atom is 0.331 e. The van der Waals surface area contributed by atoms with Gasteiger partial charge in [0.05, 0.1) is 34.6 Å². The Morgan fingerprint density at radius 1 is 1.22 bits per heavy atom. The summed E-state index contributed by atoms with van der Waals surface area (Å²) in [6.07, 6.45) is 3.24. The fourth-order valence-corrected chi connectivity index (χ4v) is 1.90. The summed E-state index contributed by atoms with van der Waals surface area (Å²) in [5.74, 6) is 0. The van der Waals surface area contributed by atoms with E-state index in [4.69, 9.17) is 5.26 Å². The number of nitrogens with zero attached hydrogens (tertiary/aromatic N) is 3. The van der Waals surface area contributed by atoms with Gasteiger partial charge in [-0.3, -0.25) is 9.55 Å². The van der Waals surface area contributed by atoms with Crippen molar-refractivity contribution in [3.63, 3.8) is 0 Å². The number of fused-ring (bicyclic) bond motifs is 1. The summed E-state index contributed by atoms with van der Waals surface area (Å²) in [6, 6.07) is 10.7. The maximum atomic E-state index is 11.9. The van der Waals surface area contributed by atoms with Crippen LogP contribution in [0.5, 0.6) is 0 Å². The molecule has 0 radical (unpaired) electrons. The highest BCUT2D eigenvalue weighted by molar-refractivity contribution is 5.76. The summed E-state index contributed by atoms with van der Waals surface area (Å²) in [7, 11) is 0. The molecule has 18 heavy (non-hydrogen) atoms. The van der Waals surface area contributed by atoms with Crippen molar-refractivity contribution in [1.29, 1.82) is 5.26 Å². The van der Waals surface area contributed by atoms with E-state index in [0.717, 1.165) is 11.2 Å². The van der Waals surface area contributed by atoms with Gasteiger partial charge in [0, 0.05) is 6.20 Å². The topological polar surface area (TPSA) is 74.5 Å². The highest BCUT2D eigenvalue weighted by atomic mass is 16.1. The van der Waals surface area contributed by atoms with E-state index in [1.54, 1.807) is 47.3 Å². The van der Waals surface area contributed by atoms with E-state index < -0.39 is 0 Å². The average molecular weight is 236 g/mol. The van der Waals surface area contributed by atoms with Gasteiger partial charge in [-0.15, -0.1) is 0 Å². The van der Waals surface area contributed by atoms with E-state index in [1.165, 1.54) is 0 Å². The van der Waals surface area contributed by atoms with Gasteiger partial charge in [-0.05, 0) is 30.3 Å². The van der Waals surface area contributed by atoms with Gasteiger partial charge >= 0.3 is 5.69 Å². The van der Waals surface area contributed by atoms with Crippen molar-refractivity contribution in [2.75, 3.05) is 0 Å². The molecule has 0 fully saturated rings. The molecule has 5 nitrogen and oxygen atoms in total. The second kappa shape index (κ2) is 3.86. The molecule has 2 heterocycles. The fraction of sp³-hybridized carbons (Fsp3) is 0. The summed E-state index contributed by atoms with van der Waals surface area (Å²) in [5.41, 5.74) is 2.51. The molecule has 3 rings (SSSR count). The van der Waals surface area contributed by atoms with Crippen LogP contribution in [0.15, 0.2) is 47.5 Å². The SMILES string of the molecule is N#Cc1ccc(-n2c(=O)[nH]c3cnccc32)cc1. The Morgan fingerprint density at radius 2 is 2.00 bits per heavy atom. The highest BCUT2D eigenvalue weighted by Gasteiger charge is 2.07. The second-order valence-corrected chi connectivity index (χ2v) is 3.82. The Morgan fingerprint density at radius 3 is 2.72 bits per heavy atom. The molecule has 86 valence electrons. The van der Waals surface area contributed by atoms with Crippen LogP contribution in [0.1, 0.15) is 5.56 Å². The van der Waals surface area contributed by atoms with Gasteiger partial charge in [0.15, 0.2) is 0 Å². The number of hydrogen-bond donors (Lipinski definition) is 1. The summed E-state index contributed by atoms with van der Waals surface area (Å²) >= 11 is 0. The first kappa shape index (κ1) is 10.3. The number of imidazole rings is 1. The minimum Gasteiger partial charge on any atom is -0.304 e. The van der Waals surface area contributed by atoms with Crippen LogP contribution in [-0.4, -0.2) is 14.5 Å². The van der Waals surface area contributed by atoms with E-state index in [-0.39, 0.29) is 5.69 Å². The van der Waals surface area contributed by atoms with Crippen molar-refractivity contribution in [1.82, 2.24) is 14.5 Å². The number of aromatic amines is 1. The van der Waals surface area contributed by atoms with Crippen LogP contribution in [0.25, 0.3) is 16.7 Å². The molecule has 0 bridgehead atoms. The van der Waals surface area contributed by atoms with Crippen LogP contribution in [-0.2, 0) is 0 Å². The maximum absolute atomic E-state index is 11.9. The van der Waals surface area contributed by atoms with Crippen molar-refractivity contribution in [3.8, 4) is 11.8 Å². The number of hydrogen-bond acceptors (Lipinski definition) is 3. The molecular formula is C13H8N4O. The number of aromatic nitrogens is 3. The number of rotatable bonds is 1. The van der Waals surface area contributed by atoms with E-state index in [9.17, 15) is 4.79 Å². The van der Waals surface area contributed by atoms with E-state index in [2.05, 4.69) is 9.97 Å². The zero-order chi connectivity index (χ0) is 12.5. The summed E-state index contributed by atoms with van der Waals surface area (Å²) < 4.78 is 1.55.